The number of nitrogens with one attached hydrogen (secondary N) is 1. The molecule has 2 aliphatic heterocycles. The monoisotopic (exact) mass is 471 g/mol. The number of nitriles is 1. The molecule has 1 N–H and O–H groups in total. The summed E-state index contributed by atoms with van der Waals surface area (Å²) in [4.78, 5) is 44.2. The van der Waals surface area contributed by atoms with Crippen molar-refractivity contribution >= 4 is 34.7 Å². The number of Topliss-reactive ketones (excluding diaryl/α,β-unsaturated/α-hetero) is 1. The lowest BCUT2D eigenvalue weighted by molar-refractivity contribution is -0.120. The fourth-order valence-corrected chi connectivity index (χ4v) is 4.76. The Hall–Kier alpha value is -4.12. The Bertz CT molecular complexity index is 1220. The number of carbonyl (C=O) groups excluding carboxylic acids is 3. The van der Waals surface area contributed by atoms with Crippen LogP contribution in [0.25, 0.3) is 0 Å². The van der Waals surface area contributed by atoms with E-state index in [1.807, 2.05) is 67.2 Å². The number of aryl methyl sites for hydroxylation is 1. The number of allylic oxidation sites excluding steroid dienone is 1. The SMILES string of the molecule is Cc1cccc(NC(=O)CCC(=O)C(C#N)=C2N(C)c3ccccc3N2C)c1C(=O)N1CCCC1. The molecule has 2 aromatic carbocycles. The summed E-state index contributed by atoms with van der Waals surface area (Å²) in [5.41, 5.74) is 3.54. The smallest absolute Gasteiger partial charge is 0.256 e. The van der Waals surface area contributed by atoms with Crippen LogP contribution < -0.4 is 15.1 Å². The van der Waals surface area contributed by atoms with Crippen molar-refractivity contribution in [2.45, 2.75) is 32.6 Å². The van der Waals surface area contributed by atoms with Gasteiger partial charge in [-0.3, -0.25) is 14.4 Å². The normalized spacial score (nSPS) is 14.6. The number of amides is 2. The minimum Gasteiger partial charge on any atom is -0.339 e. The highest BCUT2D eigenvalue weighted by Gasteiger charge is 2.31. The van der Waals surface area contributed by atoms with Crippen LogP contribution in [0.15, 0.2) is 53.9 Å². The van der Waals surface area contributed by atoms with Gasteiger partial charge in [0.1, 0.15) is 17.5 Å². The molecule has 0 unspecified atom stereocenters. The lowest BCUT2D eigenvalue weighted by Crippen LogP contribution is -2.29. The summed E-state index contributed by atoms with van der Waals surface area (Å²) in [6.45, 7) is 3.28. The molecule has 1 fully saturated rings. The molecule has 35 heavy (non-hydrogen) atoms. The molecule has 180 valence electrons. The van der Waals surface area contributed by atoms with Gasteiger partial charge in [0.15, 0.2) is 5.78 Å². The molecule has 0 radical (unpaired) electrons. The predicted octanol–water partition coefficient (Wildman–Crippen LogP) is 3.84. The lowest BCUT2D eigenvalue weighted by atomic mass is 10.0. The molecular formula is C27H29N5O3. The van der Waals surface area contributed by atoms with Crippen LogP contribution in [-0.4, -0.2) is 49.7 Å². The van der Waals surface area contributed by atoms with E-state index in [0.717, 1.165) is 29.8 Å². The molecule has 2 heterocycles. The van der Waals surface area contributed by atoms with Gasteiger partial charge < -0.3 is 20.0 Å². The number of hydrogen-bond donors (Lipinski definition) is 1. The van der Waals surface area contributed by atoms with Gasteiger partial charge in [-0.25, -0.2) is 0 Å². The molecule has 1 saturated heterocycles. The number of nitrogens with zero attached hydrogens (tertiary/aromatic N) is 4. The zero-order chi connectivity index (χ0) is 25.1. The Morgan fingerprint density at radius 1 is 0.943 bits per heavy atom. The third-order valence-corrected chi connectivity index (χ3v) is 6.59. The van der Waals surface area contributed by atoms with Crippen LogP contribution in [0.4, 0.5) is 17.1 Å². The second-order valence-electron chi connectivity index (χ2n) is 8.89. The van der Waals surface area contributed by atoms with E-state index in [0.29, 0.717) is 30.2 Å². The van der Waals surface area contributed by atoms with Crippen molar-refractivity contribution in [3.05, 3.63) is 65.0 Å². The summed E-state index contributed by atoms with van der Waals surface area (Å²) in [5.74, 6) is -0.369. The van der Waals surface area contributed by atoms with Crippen molar-refractivity contribution in [3.63, 3.8) is 0 Å². The Morgan fingerprint density at radius 2 is 1.57 bits per heavy atom. The summed E-state index contributed by atoms with van der Waals surface area (Å²) in [7, 11) is 3.62. The summed E-state index contributed by atoms with van der Waals surface area (Å²) in [6, 6.07) is 15.0. The number of anilines is 3. The number of para-hydroxylation sites is 2. The minimum atomic E-state index is -0.401. The van der Waals surface area contributed by atoms with Crippen LogP contribution in [0.2, 0.25) is 0 Å². The Labute approximate surface area is 205 Å². The van der Waals surface area contributed by atoms with Gasteiger partial charge in [0.05, 0.1) is 22.6 Å². The topological polar surface area (TPSA) is 96.7 Å². The van der Waals surface area contributed by atoms with Gasteiger partial charge in [-0.2, -0.15) is 5.26 Å². The van der Waals surface area contributed by atoms with Gasteiger partial charge in [-0.05, 0) is 43.5 Å². The highest BCUT2D eigenvalue weighted by Crippen LogP contribution is 2.40. The second-order valence-corrected chi connectivity index (χ2v) is 8.89. The van der Waals surface area contributed by atoms with E-state index in [1.54, 1.807) is 17.0 Å². The molecule has 0 spiro atoms. The Balaban J connectivity index is 1.47. The molecule has 0 saturated carbocycles. The lowest BCUT2D eigenvalue weighted by Gasteiger charge is -2.20. The molecule has 0 aliphatic carbocycles. The van der Waals surface area contributed by atoms with E-state index in [4.69, 9.17) is 0 Å². The second kappa shape index (κ2) is 10.0. The van der Waals surface area contributed by atoms with E-state index in [2.05, 4.69) is 5.32 Å². The molecule has 0 aromatic heterocycles. The van der Waals surface area contributed by atoms with Gasteiger partial charge in [-0.15, -0.1) is 0 Å². The van der Waals surface area contributed by atoms with Crippen molar-refractivity contribution in [3.8, 4) is 6.07 Å². The van der Waals surface area contributed by atoms with Crippen molar-refractivity contribution in [1.82, 2.24) is 4.90 Å². The highest BCUT2D eigenvalue weighted by atomic mass is 16.2. The van der Waals surface area contributed by atoms with Crippen LogP contribution in [0, 0.1) is 18.3 Å². The van der Waals surface area contributed by atoms with Gasteiger partial charge in [0.2, 0.25) is 5.91 Å². The number of rotatable bonds is 6. The van der Waals surface area contributed by atoms with E-state index >= 15 is 0 Å². The Morgan fingerprint density at radius 3 is 2.17 bits per heavy atom. The van der Waals surface area contributed by atoms with Gasteiger partial charge in [0, 0.05) is 40.0 Å². The number of benzene rings is 2. The summed E-state index contributed by atoms with van der Waals surface area (Å²) >= 11 is 0. The van der Waals surface area contributed by atoms with Crippen molar-refractivity contribution < 1.29 is 14.4 Å². The number of likely N-dealkylation sites (tertiary alicyclic amines) is 1. The standard InChI is InChI=1S/C27H29N5O3/c1-18-9-8-10-20(25(18)27(35)32-15-6-7-16-32)29-24(34)14-13-23(33)19(17-28)26-30(2)21-11-4-5-12-22(21)31(26)3/h4-5,8-12H,6-7,13-16H2,1-3H3,(H,29,34). The predicted molar refractivity (Wildman–Crippen MR) is 135 cm³/mol. The molecule has 4 rings (SSSR count). The van der Waals surface area contributed by atoms with Crippen LogP contribution in [-0.2, 0) is 9.59 Å². The van der Waals surface area contributed by atoms with Crippen LogP contribution in [0.1, 0.15) is 41.6 Å². The Kier molecular flexibility index (Phi) is 6.87. The average Bonchev–Trinajstić information content (AvgIpc) is 3.47. The van der Waals surface area contributed by atoms with Crippen LogP contribution >= 0.6 is 0 Å². The maximum atomic E-state index is 13.0. The van der Waals surface area contributed by atoms with Crippen LogP contribution in [0.5, 0.6) is 0 Å². The first kappa shape index (κ1) is 24.0. The zero-order valence-electron chi connectivity index (χ0n) is 20.3. The van der Waals surface area contributed by atoms with Gasteiger partial charge >= 0.3 is 0 Å². The summed E-state index contributed by atoms with van der Waals surface area (Å²) in [5, 5.41) is 12.6. The van der Waals surface area contributed by atoms with E-state index in [1.165, 1.54) is 0 Å². The molecule has 2 aliphatic rings. The maximum absolute atomic E-state index is 13.0. The molecular weight excluding hydrogens is 442 g/mol. The summed E-state index contributed by atoms with van der Waals surface area (Å²) < 4.78 is 0. The molecule has 8 nitrogen and oxygen atoms in total. The number of ketones is 1. The third-order valence-electron chi connectivity index (χ3n) is 6.59. The van der Waals surface area contributed by atoms with Crippen molar-refractivity contribution in [1.29, 1.82) is 5.26 Å². The minimum absolute atomic E-state index is 0.0134. The third kappa shape index (κ3) is 4.62. The number of hydrogen-bond acceptors (Lipinski definition) is 6. The van der Waals surface area contributed by atoms with E-state index < -0.39 is 5.78 Å². The molecule has 2 aromatic rings. The number of carbonyl (C=O) groups is 3. The first-order valence-electron chi connectivity index (χ1n) is 11.8. The molecule has 0 atom stereocenters. The number of fused-ring (bicyclic) bond motifs is 1. The molecule has 2 amide bonds. The largest absolute Gasteiger partial charge is 0.339 e. The first-order valence-corrected chi connectivity index (χ1v) is 11.8. The van der Waals surface area contributed by atoms with Crippen molar-refractivity contribution in [2.24, 2.45) is 0 Å². The first-order chi connectivity index (χ1) is 16.8. The fraction of sp³-hybridized carbons (Fsp3) is 0.333. The average molecular weight is 472 g/mol. The van der Waals surface area contributed by atoms with Crippen molar-refractivity contribution in [2.75, 3.05) is 42.3 Å². The zero-order valence-corrected chi connectivity index (χ0v) is 20.3. The highest BCUT2D eigenvalue weighted by molar-refractivity contribution is 6.07. The van der Waals surface area contributed by atoms with Crippen LogP contribution in [0.3, 0.4) is 0 Å². The quantitative estimate of drug-likeness (QED) is 0.508. The fourth-order valence-electron chi connectivity index (χ4n) is 4.76. The van der Waals surface area contributed by atoms with Gasteiger partial charge in [0.25, 0.3) is 5.91 Å². The maximum Gasteiger partial charge on any atom is 0.256 e. The van der Waals surface area contributed by atoms with Gasteiger partial charge in [-0.1, -0.05) is 24.3 Å². The molecule has 0 bridgehead atoms. The molecule has 8 heteroatoms. The van der Waals surface area contributed by atoms with E-state index in [-0.39, 0.29) is 30.2 Å². The van der Waals surface area contributed by atoms with E-state index in [9.17, 15) is 19.6 Å². The summed E-state index contributed by atoms with van der Waals surface area (Å²) in [6.07, 6.45) is 1.75.